The number of carbonyl (C=O) groups is 2. The van der Waals surface area contributed by atoms with Gasteiger partial charge >= 0.3 is 27.8 Å². The summed E-state index contributed by atoms with van der Waals surface area (Å²) in [5, 5.41) is 0. The van der Waals surface area contributed by atoms with Gasteiger partial charge in [0.25, 0.3) is 0 Å². The largest absolute Gasteiger partial charge is 0.534 e. The fourth-order valence-electron chi connectivity index (χ4n) is 4.06. The Labute approximate surface area is 255 Å². The van der Waals surface area contributed by atoms with E-state index in [4.69, 9.17) is 9.47 Å². The third-order valence-electron chi connectivity index (χ3n) is 5.92. The van der Waals surface area contributed by atoms with Crippen LogP contribution >= 0.6 is 0 Å². The lowest BCUT2D eigenvalue weighted by Crippen LogP contribution is -2.50. The summed E-state index contributed by atoms with van der Waals surface area (Å²) in [5.74, 6) is -0.330. The molecule has 44 heavy (non-hydrogen) atoms. The average molecular weight is 646 g/mol. The van der Waals surface area contributed by atoms with Crippen molar-refractivity contribution in [1.29, 1.82) is 0 Å². The molecule has 16 heteroatoms. The topological polar surface area (TPSA) is 131 Å². The zero-order chi connectivity index (χ0) is 33.3. The first-order chi connectivity index (χ1) is 20.1. The monoisotopic (exact) mass is 645 g/mol. The Morgan fingerprint density at radius 3 is 2.05 bits per heavy atom. The van der Waals surface area contributed by atoms with E-state index in [1.165, 1.54) is 28.1 Å². The van der Waals surface area contributed by atoms with E-state index in [9.17, 15) is 31.2 Å². The maximum absolute atomic E-state index is 13.2. The molecule has 0 aliphatic carbocycles. The molecule has 1 saturated heterocycles. The van der Waals surface area contributed by atoms with Crippen molar-refractivity contribution in [3.05, 3.63) is 30.5 Å². The molecule has 0 spiro atoms. The number of hydrogen-bond donors (Lipinski definition) is 0. The zero-order valence-electron chi connectivity index (χ0n) is 25.9. The van der Waals surface area contributed by atoms with E-state index in [0.717, 1.165) is 12.1 Å². The highest BCUT2D eigenvalue weighted by Crippen LogP contribution is 2.33. The summed E-state index contributed by atoms with van der Waals surface area (Å²) in [4.78, 5) is 38.8. The first-order valence-electron chi connectivity index (χ1n) is 13.8. The van der Waals surface area contributed by atoms with Crippen LogP contribution in [0.15, 0.2) is 30.5 Å². The zero-order valence-corrected chi connectivity index (χ0v) is 26.7. The highest BCUT2D eigenvalue weighted by molar-refractivity contribution is 7.88. The van der Waals surface area contributed by atoms with Gasteiger partial charge in [0.1, 0.15) is 28.6 Å². The SMILES string of the molecule is CC(C)N(C(=O)OC(C)(C)C)c1cc(-c2cc(OS(=O)(=O)C(F)(F)F)cc(N3CCN(C(=O)OC(C)(C)C)CC3)n2)ccn1. The average Bonchev–Trinajstić information content (AvgIpc) is 2.85. The molecule has 2 aromatic rings. The van der Waals surface area contributed by atoms with E-state index in [-0.39, 0.29) is 49.6 Å². The quantitative estimate of drug-likeness (QED) is 0.290. The van der Waals surface area contributed by atoms with Gasteiger partial charge in [-0.3, -0.25) is 4.90 Å². The van der Waals surface area contributed by atoms with Crippen molar-refractivity contribution < 1.29 is 44.8 Å². The Hall–Kier alpha value is -3.82. The Morgan fingerprint density at radius 1 is 0.932 bits per heavy atom. The Bertz CT molecular complexity index is 1460. The van der Waals surface area contributed by atoms with Crippen LogP contribution in [0.2, 0.25) is 0 Å². The number of aromatic nitrogens is 2. The number of anilines is 2. The standard InChI is InChI=1S/C28H38F3N5O7S/c1-18(2)36(25(38)42-27(6,7)8)22-15-19(9-10-32-22)21-16-20(43-44(39,40)28(29,30)31)17-23(33-21)34-11-13-35(14-12-34)24(37)41-26(3,4)5/h9-10,15-18H,11-14H2,1-8H3. The summed E-state index contributed by atoms with van der Waals surface area (Å²) in [6, 6.07) is 4.74. The van der Waals surface area contributed by atoms with Gasteiger partial charge < -0.3 is 23.5 Å². The van der Waals surface area contributed by atoms with E-state index in [1.807, 2.05) is 0 Å². The van der Waals surface area contributed by atoms with Gasteiger partial charge in [0.15, 0.2) is 0 Å². The van der Waals surface area contributed by atoms with Crippen LogP contribution in [0.5, 0.6) is 5.75 Å². The molecule has 0 bridgehead atoms. The summed E-state index contributed by atoms with van der Waals surface area (Å²) in [6.07, 6.45) is 0.205. The number of alkyl halides is 3. The minimum Gasteiger partial charge on any atom is -0.444 e. The van der Waals surface area contributed by atoms with Gasteiger partial charge in [-0.15, -0.1) is 0 Å². The maximum atomic E-state index is 13.2. The van der Waals surface area contributed by atoms with Crippen LogP contribution in [0.25, 0.3) is 11.3 Å². The highest BCUT2D eigenvalue weighted by atomic mass is 32.2. The molecule has 2 amide bonds. The van der Waals surface area contributed by atoms with Gasteiger partial charge in [0.05, 0.1) is 5.69 Å². The molecule has 1 fully saturated rings. The summed E-state index contributed by atoms with van der Waals surface area (Å²) >= 11 is 0. The van der Waals surface area contributed by atoms with E-state index in [1.54, 1.807) is 60.3 Å². The molecule has 1 aliphatic rings. The molecule has 0 N–H and O–H groups in total. The number of carbonyl (C=O) groups excluding carboxylic acids is 2. The first-order valence-corrected chi connectivity index (χ1v) is 15.2. The smallest absolute Gasteiger partial charge is 0.444 e. The van der Waals surface area contributed by atoms with E-state index < -0.39 is 44.8 Å². The van der Waals surface area contributed by atoms with Crippen molar-refractivity contribution >= 4 is 33.9 Å². The fourth-order valence-corrected chi connectivity index (χ4v) is 4.50. The molecule has 0 radical (unpaired) electrons. The van der Waals surface area contributed by atoms with Gasteiger partial charge in [0, 0.05) is 56.1 Å². The third kappa shape index (κ3) is 9.09. The normalized spacial score (nSPS) is 14.8. The van der Waals surface area contributed by atoms with Gasteiger partial charge in [-0.1, -0.05) is 0 Å². The van der Waals surface area contributed by atoms with Gasteiger partial charge in [-0.2, -0.15) is 21.6 Å². The molecular weight excluding hydrogens is 607 g/mol. The minimum absolute atomic E-state index is 0.0565. The van der Waals surface area contributed by atoms with Crippen LogP contribution in [0.1, 0.15) is 55.4 Å². The van der Waals surface area contributed by atoms with E-state index >= 15 is 0 Å². The maximum Gasteiger partial charge on any atom is 0.534 e. The van der Waals surface area contributed by atoms with Crippen LogP contribution in [0.3, 0.4) is 0 Å². The Balaban J connectivity index is 2.01. The number of halogens is 3. The molecule has 12 nitrogen and oxygen atoms in total. The molecule has 1 aliphatic heterocycles. The van der Waals surface area contributed by atoms with E-state index in [2.05, 4.69) is 14.2 Å². The highest BCUT2D eigenvalue weighted by Gasteiger charge is 2.48. The van der Waals surface area contributed by atoms with E-state index in [0.29, 0.717) is 5.56 Å². The lowest BCUT2D eigenvalue weighted by atomic mass is 10.1. The van der Waals surface area contributed by atoms with Crippen molar-refractivity contribution in [2.45, 2.75) is 78.1 Å². The predicted molar refractivity (Wildman–Crippen MR) is 157 cm³/mol. The summed E-state index contributed by atoms with van der Waals surface area (Å²) < 4.78 is 78.8. The molecule has 0 unspecified atom stereocenters. The van der Waals surface area contributed by atoms with Gasteiger partial charge in [0.2, 0.25) is 0 Å². The Morgan fingerprint density at radius 2 is 1.52 bits per heavy atom. The van der Waals surface area contributed by atoms with Crippen LogP contribution in [0, 0.1) is 0 Å². The summed E-state index contributed by atoms with van der Waals surface area (Å²) in [6.45, 7) is 14.8. The number of piperazine rings is 1. The molecular formula is C28H38F3N5O7S. The molecule has 3 heterocycles. The van der Waals surface area contributed by atoms with Gasteiger partial charge in [-0.05, 0) is 67.5 Å². The van der Waals surface area contributed by atoms with Crippen molar-refractivity contribution in [1.82, 2.24) is 14.9 Å². The van der Waals surface area contributed by atoms with Gasteiger partial charge in [-0.25, -0.2) is 19.6 Å². The van der Waals surface area contributed by atoms with Crippen molar-refractivity contribution in [2.24, 2.45) is 0 Å². The van der Waals surface area contributed by atoms with Crippen molar-refractivity contribution in [3.63, 3.8) is 0 Å². The number of hydrogen-bond acceptors (Lipinski definition) is 10. The minimum atomic E-state index is -5.99. The predicted octanol–water partition coefficient (Wildman–Crippen LogP) is 5.58. The molecule has 244 valence electrons. The van der Waals surface area contributed by atoms with Crippen LogP contribution in [0.4, 0.5) is 34.4 Å². The molecule has 0 saturated carbocycles. The second-order valence-corrected chi connectivity index (χ2v) is 13.9. The Kier molecular flexibility index (Phi) is 9.97. The lowest BCUT2D eigenvalue weighted by Gasteiger charge is -2.36. The molecule has 0 aromatic carbocycles. The van der Waals surface area contributed by atoms with Crippen LogP contribution < -0.4 is 14.0 Å². The number of nitrogens with zero attached hydrogens (tertiary/aromatic N) is 5. The second kappa shape index (κ2) is 12.7. The van der Waals surface area contributed by atoms with Crippen molar-refractivity contribution in [2.75, 3.05) is 36.0 Å². The lowest BCUT2D eigenvalue weighted by molar-refractivity contribution is -0.0500. The molecule has 3 rings (SSSR count). The fraction of sp³-hybridized carbons (Fsp3) is 0.571. The first kappa shape index (κ1) is 34.7. The summed E-state index contributed by atoms with van der Waals surface area (Å²) in [7, 11) is -5.99. The number of ether oxygens (including phenoxy) is 2. The molecule has 2 aromatic heterocycles. The molecule has 0 atom stereocenters. The number of rotatable bonds is 6. The number of pyridine rings is 2. The third-order valence-corrected chi connectivity index (χ3v) is 6.90. The van der Waals surface area contributed by atoms with Crippen LogP contribution in [-0.4, -0.2) is 84.4 Å². The number of amides is 2. The second-order valence-electron chi connectivity index (χ2n) is 12.3. The van der Waals surface area contributed by atoms with Crippen molar-refractivity contribution in [3.8, 4) is 17.0 Å². The summed E-state index contributed by atoms with van der Waals surface area (Å²) in [5.41, 5.74) is -6.78. The van der Waals surface area contributed by atoms with Crippen LogP contribution in [-0.2, 0) is 19.6 Å².